The Kier molecular flexibility index (Phi) is 5.30. The van der Waals surface area contributed by atoms with Crippen molar-refractivity contribution < 1.29 is 4.92 Å². The molecule has 6 nitrogen and oxygen atoms in total. The number of aromatic nitrogens is 2. The van der Waals surface area contributed by atoms with Gasteiger partial charge in [-0.1, -0.05) is 18.5 Å². The Morgan fingerprint density at radius 3 is 3.00 bits per heavy atom. The molecule has 0 saturated heterocycles. The first-order valence-electron chi connectivity index (χ1n) is 6.75. The van der Waals surface area contributed by atoms with Gasteiger partial charge in [0.25, 0.3) is 5.69 Å². The second-order valence-electron chi connectivity index (χ2n) is 4.68. The van der Waals surface area contributed by atoms with Crippen LogP contribution in [0.4, 0.5) is 5.69 Å². The fraction of sp³-hybridized carbons (Fsp3) is 0.357. The van der Waals surface area contributed by atoms with Gasteiger partial charge in [-0.05, 0) is 25.1 Å². The molecule has 0 aliphatic rings. The molecule has 0 aliphatic carbocycles. The summed E-state index contributed by atoms with van der Waals surface area (Å²) < 4.78 is 1.90. The molecule has 0 radical (unpaired) electrons. The number of rotatable bonds is 7. The van der Waals surface area contributed by atoms with Crippen LogP contribution in [-0.2, 0) is 13.1 Å². The van der Waals surface area contributed by atoms with Crippen LogP contribution in [0.25, 0.3) is 0 Å². The molecule has 1 aromatic heterocycles. The molecule has 0 amide bonds. The van der Waals surface area contributed by atoms with Gasteiger partial charge in [0.15, 0.2) is 0 Å². The van der Waals surface area contributed by atoms with Crippen LogP contribution in [0, 0.1) is 10.1 Å². The molecule has 1 aromatic carbocycles. The molecule has 7 heteroatoms. The van der Waals surface area contributed by atoms with Crippen molar-refractivity contribution in [2.24, 2.45) is 0 Å². The first kappa shape index (κ1) is 15.5. The van der Waals surface area contributed by atoms with E-state index in [2.05, 4.69) is 17.2 Å². The first-order chi connectivity index (χ1) is 10.1. The van der Waals surface area contributed by atoms with Crippen molar-refractivity contribution in [1.29, 1.82) is 0 Å². The Bertz CT molecular complexity index is 627. The second-order valence-corrected chi connectivity index (χ2v) is 5.11. The topological polar surface area (TPSA) is 73.0 Å². The van der Waals surface area contributed by atoms with Crippen molar-refractivity contribution in [2.75, 3.05) is 6.54 Å². The van der Waals surface area contributed by atoms with E-state index < -0.39 is 4.92 Å². The molecule has 112 valence electrons. The molecule has 2 rings (SSSR count). The van der Waals surface area contributed by atoms with E-state index in [1.807, 2.05) is 10.8 Å². The third-order valence-corrected chi connectivity index (χ3v) is 3.33. The highest BCUT2D eigenvalue weighted by molar-refractivity contribution is 6.30. The molecule has 1 N–H and O–H groups in total. The number of benzene rings is 1. The number of imidazole rings is 1. The quantitative estimate of drug-likeness (QED) is 0.485. The molecule has 2 aromatic rings. The van der Waals surface area contributed by atoms with Crippen LogP contribution < -0.4 is 5.32 Å². The monoisotopic (exact) mass is 308 g/mol. The fourth-order valence-electron chi connectivity index (χ4n) is 2.05. The lowest BCUT2D eigenvalue weighted by Gasteiger charge is -2.09. The molecular formula is C14H17ClN4O2. The Balaban J connectivity index is 2.19. The fourth-order valence-corrected chi connectivity index (χ4v) is 2.22. The summed E-state index contributed by atoms with van der Waals surface area (Å²) in [5, 5.41) is 14.7. The van der Waals surface area contributed by atoms with Gasteiger partial charge in [0.05, 0.1) is 18.0 Å². The van der Waals surface area contributed by atoms with Crippen molar-refractivity contribution in [3.05, 3.63) is 57.1 Å². The van der Waals surface area contributed by atoms with Gasteiger partial charge in [-0.2, -0.15) is 0 Å². The van der Waals surface area contributed by atoms with Crippen molar-refractivity contribution in [3.8, 4) is 0 Å². The molecule has 21 heavy (non-hydrogen) atoms. The lowest BCUT2D eigenvalue weighted by Crippen LogP contribution is -2.18. The summed E-state index contributed by atoms with van der Waals surface area (Å²) in [6.07, 6.45) is 4.56. The highest BCUT2D eigenvalue weighted by atomic mass is 35.5. The Morgan fingerprint density at radius 2 is 2.29 bits per heavy atom. The minimum Gasteiger partial charge on any atom is -0.329 e. The summed E-state index contributed by atoms with van der Waals surface area (Å²) in [6.45, 7) is 4.04. The molecule has 0 aliphatic heterocycles. The Hall–Kier alpha value is -1.92. The molecule has 0 saturated carbocycles. The normalized spacial score (nSPS) is 10.8. The molecule has 0 atom stereocenters. The highest BCUT2D eigenvalue weighted by Gasteiger charge is 2.15. The van der Waals surface area contributed by atoms with Gasteiger partial charge in [0.2, 0.25) is 0 Å². The maximum absolute atomic E-state index is 11.1. The van der Waals surface area contributed by atoms with Crippen molar-refractivity contribution in [1.82, 2.24) is 14.9 Å². The largest absolute Gasteiger partial charge is 0.329 e. The summed E-state index contributed by atoms with van der Waals surface area (Å²) in [6, 6.07) is 4.72. The molecule has 1 heterocycles. The maximum Gasteiger partial charge on any atom is 0.275 e. The van der Waals surface area contributed by atoms with Gasteiger partial charge in [0, 0.05) is 29.0 Å². The summed E-state index contributed by atoms with van der Waals surface area (Å²) >= 11 is 5.82. The zero-order valence-corrected chi connectivity index (χ0v) is 12.5. The van der Waals surface area contributed by atoms with Gasteiger partial charge in [0.1, 0.15) is 5.82 Å². The van der Waals surface area contributed by atoms with Crippen molar-refractivity contribution >= 4 is 17.3 Å². The van der Waals surface area contributed by atoms with Gasteiger partial charge in [-0.15, -0.1) is 0 Å². The van der Waals surface area contributed by atoms with E-state index >= 15 is 0 Å². The third kappa shape index (κ3) is 4.03. The van der Waals surface area contributed by atoms with E-state index in [4.69, 9.17) is 11.6 Å². The number of nitro benzene ring substituents is 1. The summed E-state index contributed by atoms with van der Waals surface area (Å²) in [5.74, 6) is 0.854. The lowest BCUT2D eigenvalue weighted by atomic mass is 10.2. The van der Waals surface area contributed by atoms with Crippen LogP contribution in [0.15, 0.2) is 30.6 Å². The molecule has 0 spiro atoms. The lowest BCUT2D eigenvalue weighted by molar-refractivity contribution is -0.385. The summed E-state index contributed by atoms with van der Waals surface area (Å²) in [5.41, 5.74) is 0.641. The van der Waals surface area contributed by atoms with Crippen LogP contribution >= 0.6 is 11.6 Å². The predicted octanol–water partition coefficient (Wildman–Crippen LogP) is 2.99. The zero-order valence-electron chi connectivity index (χ0n) is 11.8. The number of nitrogens with zero attached hydrogens (tertiary/aromatic N) is 3. The van der Waals surface area contributed by atoms with Crippen molar-refractivity contribution in [2.45, 2.75) is 26.4 Å². The SMILES string of the molecule is CCCNCc1nccn1Cc1ccc(Cl)cc1[N+](=O)[O-]. The van der Waals surface area contributed by atoms with E-state index in [0.29, 0.717) is 23.7 Å². The minimum atomic E-state index is -0.410. The van der Waals surface area contributed by atoms with Crippen LogP contribution in [-0.4, -0.2) is 21.0 Å². The number of hydrogen-bond donors (Lipinski definition) is 1. The Labute approximate surface area is 127 Å². The van der Waals surface area contributed by atoms with Crippen molar-refractivity contribution in [3.63, 3.8) is 0 Å². The number of nitrogens with one attached hydrogen (secondary N) is 1. The Morgan fingerprint density at radius 1 is 1.48 bits per heavy atom. The van der Waals surface area contributed by atoms with E-state index in [1.54, 1.807) is 18.3 Å². The maximum atomic E-state index is 11.1. The summed E-state index contributed by atoms with van der Waals surface area (Å²) in [4.78, 5) is 15.0. The van der Waals surface area contributed by atoms with Gasteiger partial charge in [-0.25, -0.2) is 4.98 Å². The van der Waals surface area contributed by atoms with Gasteiger partial charge in [-0.3, -0.25) is 10.1 Å². The van der Waals surface area contributed by atoms with E-state index in [9.17, 15) is 10.1 Å². The predicted molar refractivity (Wildman–Crippen MR) is 81.4 cm³/mol. The molecule has 0 fully saturated rings. The minimum absolute atomic E-state index is 0.0312. The third-order valence-electron chi connectivity index (χ3n) is 3.10. The summed E-state index contributed by atoms with van der Waals surface area (Å²) in [7, 11) is 0. The standard InChI is InChI=1S/C14H17ClN4O2/c1-2-5-16-9-14-17-6-7-18(14)10-11-3-4-12(15)8-13(11)19(20)21/h3-4,6-8,16H,2,5,9-10H2,1H3. The van der Waals surface area contributed by atoms with Crippen LogP contribution in [0.3, 0.4) is 0 Å². The average Bonchev–Trinajstić information content (AvgIpc) is 2.88. The van der Waals surface area contributed by atoms with Gasteiger partial charge < -0.3 is 9.88 Å². The molecule has 0 bridgehead atoms. The number of halogens is 1. The second kappa shape index (κ2) is 7.19. The van der Waals surface area contributed by atoms with E-state index in [0.717, 1.165) is 18.8 Å². The highest BCUT2D eigenvalue weighted by Crippen LogP contribution is 2.24. The van der Waals surface area contributed by atoms with Gasteiger partial charge >= 0.3 is 0 Å². The molecule has 0 unspecified atom stereocenters. The van der Waals surface area contributed by atoms with Crippen LogP contribution in [0.5, 0.6) is 0 Å². The zero-order chi connectivity index (χ0) is 15.2. The molecular weight excluding hydrogens is 292 g/mol. The van der Waals surface area contributed by atoms with Crippen LogP contribution in [0.1, 0.15) is 24.7 Å². The number of nitro groups is 1. The first-order valence-corrected chi connectivity index (χ1v) is 7.13. The van der Waals surface area contributed by atoms with E-state index in [-0.39, 0.29) is 5.69 Å². The smallest absolute Gasteiger partial charge is 0.275 e. The van der Waals surface area contributed by atoms with Crippen LogP contribution in [0.2, 0.25) is 5.02 Å². The average molecular weight is 309 g/mol. The van der Waals surface area contributed by atoms with E-state index in [1.165, 1.54) is 6.07 Å². The number of hydrogen-bond acceptors (Lipinski definition) is 4.